The van der Waals surface area contributed by atoms with Crippen LogP contribution in [0.4, 0.5) is 18.0 Å². The maximum atomic E-state index is 12.8. The van der Waals surface area contributed by atoms with E-state index in [1.165, 1.54) is 0 Å². The number of rotatable bonds is 1. The van der Waals surface area contributed by atoms with Crippen molar-refractivity contribution in [2.75, 3.05) is 6.54 Å². The molecule has 1 aliphatic rings. The van der Waals surface area contributed by atoms with Gasteiger partial charge < -0.3 is 9.53 Å². The van der Waals surface area contributed by atoms with Crippen LogP contribution in [-0.2, 0) is 9.53 Å². The zero-order valence-corrected chi connectivity index (χ0v) is 11.2. The Bertz CT molecular complexity index is 349. The number of carbonyl (C=O) groups excluding carboxylic acids is 2. The molecule has 0 saturated carbocycles. The monoisotopic (exact) mass is 281 g/mol. The van der Waals surface area contributed by atoms with Crippen molar-refractivity contribution < 1.29 is 27.5 Å². The van der Waals surface area contributed by atoms with Crippen LogP contribution in [0.3, 0.4) is 0 Å². The molecule has 7 heteroatoms. The lowest BCUT2D eigenvalue weighted by atomic mass is 9.89. The molecule has 2 atom stereocenters. The van der Waals surface area contributed by atoms with Crippen molar-refractivity contribution in [2.45, 2.75) is 51.4 Å². The van der Waals surface area contributed by atoms with Crippen molar-refractivity contribution in [3.8, 4) is 0 Å². The van der Waals surface area contributed by atoms with Gasteiger partial charge in [-0.3, -0.25) is 4.90 Å². The first kappa shape index (κ1) is 15.8. The molecule has 0 aliphatic carbocycles. The van der Waals surface area contributed by atoms with Crippen LogP contribution < -0.4 is 0 Å². The highest BCUT2D eigenvalue weighted by molar-refractivity contribution is 5.74. The van der Waals surface area contributed by atoms with Gasteiger partial charge in [0.1, 0.15) is 17.9 Å². The van der Waals surface area contributed by atoms with Gasteiger partial charge in [0.15, 0.2) is 0 Å². The number of hydrogen-bond acceptors (Lipinski definition) is 3. The third kappa shape index (κ3) is 4.11. The average molecular weight is 281 g/mol. The lowest BCUT2D eigenvalue weighted by Gasteiger charge is -2.39. The molecule has 1 saturated heterocycles. The van der Waals surface area contributed by atoms with Crippen LogP contribution in [0.5, 0.6) is 0 Å². The minimum Gasteiger partial charge on any atom is -0.444 e. The van der Waals surface area contributed by atoms with Crippen LogP contribution in [-0.4, -0.2) is 41.6 Å². The fourth-order valence-corrected chi connectivity index (χ4v) is 2.08. The third-order valence-corrected chi connectivity index (χ3v) is 2.87. The van der Waals surface area contributed by atoms with Crippen LogP contribution in [0.15, 0.2) is 0 Å². The average Bonchev–Trinajstić information content (AvgIpc) is 2.24. The predicted molar refractivity (Wildman–Crippen MR) is 61.6 cm³/mol. The van der Waals surface area contributed by atoms with Gasteiger partial charge in [-0.1, -0.05) is 0 Å². The number of ether oxygens (including phenoxy) is 1. The summed E-state index contributed by atoms with van der Waals surface area (Å²) in [7, 11) is 0. The molecule has 1 rings (SSSR count). The number of halogens is 3. The number of nitrogens with zero attached hydrogens (tertiary/aromatic N) is 1. The normalized spacial score (nSPS) is 25.1. The van der Waals surface area contributed by atoms with E-state index < -0.39 is 29.8 Å². The summed E-state index contributed by atoms with van der Waals surface area (Å²) in [5, 5.41) is 0. The Morgan fingerprint density at radius 3 is 2.32 bits per heavy atom. The number of alkyl halides is 3. The van der Waals surface area contributed by atoms with Gasteiger partial charge in [-0.05, 0) is 33.6 Å². The molecule has 0 aromatic heterocycles. The van der Waals surface area contributed by atoms with E-state index in [2.05, 4.69) is 0 Å². The number of aldehydes is 1. The molecule has 1 unspecified atom stereocenters. The number of piperidine rings is 1. The Morgan fingerprint density at radius 2 is 1.89 bits per heavy atom. The molecule has 0 radical (unpaired) electrons. The molecule has 1 fully saturated rings. The Balaban J connectivity index is 2.88. The molecule has 0 aromatic rings. The molecular formula is C12H18F3NO3. The summed E-state index contributed by atoms with van der Waals surface area (Å²) in [6, 6.07) is -1.50. The largest absolute Gasteiger partial charge is 0.444 e. The van der Waals surface area contributed by atoms with Gasteiger partial charge in [0.05, 0.1) is 5.92 Å². The van der Waals surface area contributed by atoms with Crippen LogP contribution in [0.1, 0.15) is 33.6 Å². The molecule has 4 nitrogen and oxygen atoms in total. The van der Waals surface area contributed by atoms with Crippen molar-refractivity contribution in [3.63, 3.8) is 0 Å². The summed E-state index contributed by atoms with van der Waals surface area (Å²) in [4.78, 5) is 23.7. The van der Waals surface area contributed by atoms with Crippen molar-refractivity contribution >= 4 is 12.4 Å². The highest BCUT2D eigenvalue weighted by Gasteiger charge is 2.50. The maximum absolute atomic E-state index is 12.8. The standard InChI is InChI=1S/C12H18F3NO3/c1-11(2,3)19-10(18)16-6-4-5-8(9(16)7-17)12(13,14)15/h7-9H,4-6H2,1-3H3/t8-,9?/m1/s1. The molecule has 0 spiro atoms. The molecule has 19 heavy (non-hydrogen) atoms. The molecule has 0 bridgehead atoms. The zero-order valence-electron chi connectivity index (χ0n) is 11.2. The predicted octanol–water partition coefficient (Wildman–Crippen LogP) is 2.76. The highest BCUT2D eigenvalue weighted by atomic mass is 19.4. The summed E-state index contributed by atoms with van der Waals surface area (Å²) >= 11 is 0. The lowest BCUT2D eigenvalue weighted by Crippen LogP contribution is -2.54. The van der Waals surface area contributed by atoms with E-state index in [4.69, 9.17) is 4.74 Å². The van der Waals surface area contributed by atoms with Crippen LogP contribution >= 0.6 is 0 Å². The summed E-state index contributed by atoms with van der Waals surface area (Å²) < 4.78 is 43.5. The first-order valence-electron chi connectivity index (χ1n) is 6.08. The third-order valence-electron chi connectivity index (χ3n) is 2.87. The van der Waals surface area contributed by atoms with Crippen molar-refractivity contribution in [2.24, 2.45) is 5.92 Å². The summed E-state index contributed by atoms with van der Waals surface area (Å²) in [5.41, 5.74) is -0.810. The first-order valence-corrected chi connectivity index (χ1v) is 6.08. The van der Waals surface area contributed by atoms with E-state index in [-0.39, 0.29) is 25.7 Å². The Kier molecular flexibility index (Phi) is 4.47. The quantitative estimate of drug-likeness (QED) is 0.694. The molecular weight excluding hydrogens is 263 g/mol. The first-order chi connectivity index (χ1) is 8.56. The fourth-order valence-electron chi connectivity index (χ4n) is 2.08. The van der Waals surface area contributed by atoms with Crippen molar-refractivity contribution in [1.29, 1.82) is 0 Å². The SMILES string of the molecule is CC(C)(C)OC(=O)N1CCC[C@@H](C(F)(F)F)C1C=O. The van der Waals surface area contributed by atoms with E-state index in [0.29, 0.717) is 0 Å². The van der Waals surface area contributed by atoms with Crippen LogP contribution in [0, 0.1) is 5.92 Å². The molecule has 110 valence electrons. The molecule has 0 aromatic carbocycles. The zero-order chi connectivity index (χ0) is 14.8. The van der Waals surface area contributed by atoms with Crippen LogP contribution in [0.25, 0.3) is 0 Å². The van der Waals surface area contributed by atoms with E-state index >= 15 is 0 Å². The Labute approximate surface area is 109 Å². The molecule has 1 amide bonds. The lowest BCUT2D eigenvalue weighted by molar-refractivity contribution is -0.197. The van der Waals surface area contributed by atoms with Gasteiger partial charge in [-0.2, -0.15) is 13.2 Å². The summed E-state index contributed by atoms with van der Waals surface area (Å²) in [5.74, 6) is -1.81. The summed E-state index contributed by atoms with van der Waals surface area (Å²) in [6.07, 6.45) is -5.13. The topological polar surface area (TPSA) is 46.6 Å². The van der Waals surface area contributed by atoms with Gasteiger partial charge in [0.2, 0.25) is 0 Å². The smallest absolute Gasteiger partial charge is 0.410 e. The second-order valence-corrected chi connectivity index (χ2v) is 5.59. The Hall–Kier alpha value is -1.27. The fraction of sp³-hybridized carbons (Fsp3) is 0.833. The number of likely N-dealkylation sites (tertiary alicyclic amines) is 1. The highest BCUT2D eigenvalue weighted by Crippen LogP contribution is 2.37. The summed E-state index contributed by atoms with van der Waals surface area (Å²) in [6.45, 7) is 4.95. The Morgan fingerprint density at radius 1 is 1.32 bits per heavy atom. The van der Waals surface area contributed by atoms with E-state index in [0.717, 1.165) is 4.90 Å². The molecule has 0 N–H and O–H groups in total. The second-order valence-electron chi connectivity index (χ2n) is 5.59. The van der Waals surface area contributed by atoms with Gasteiger partial charge in [-0.15, -0.1) is 0 Å². The van der Waals surface area contributed by atoms with Gasteiger partial charge in [0, 0.05) is 6.54 Å². The number of hydrogen-bond donors (Lipinski definition) is 0. The minimum absolute atomic E-state index is 0.102. The molecule has 1 heterocycles. The van der Waals surface area contributed by atoms with Gasteiger partial charge in [-0.25, -0.2) is 4.79 Å². The number of carbonyl (C=O) groups is 2. The van der Waals surface area contributed by atoms with E-state index in [9.17, 15) is 22.8 Å². The van der Waals surface area contributed by atoms with E-state index in [1.54, 1.807) is 20.8 Å². The van der Waals surface area contributed by atoms with Crippen molar-refractivity contribution in [1.82, 2.24) is 4.90 Å². The minimum atomic E-state index is -4.49. The van der Waals surface area contributed by atoms with Crippen molar-refractivity contribution in [3.05, 3.63) is 0 Å². The van der Waals surface area contributed by atoms with Gasteiger partial charge >= 0.3 is 12.3 Å². The van der Waals surface area contributed by atoms with Crippen LogP contribution in [0.2, 0.25) is 0 Å². The molecule has 1 aliphatic heterocycles. The van der Waals surface area contributed by atoms with E-state index in [1.807, 2.05) is 0 Å². The number of amides is 1. The maximum Gasteiger partial charge on any atom is 0.410 e. The second kappa shape index (κ2) is 5.38. The van der Waals surface area contributed by atoms with Gasteiger partial charge in [0.25, 0.3) is 0 Å².